The highest BCUT2D eigenvalue weighted by molar-refractivity contribution is 6.31. The van der Waals surface area contributed by atoms with Crippen molar-refractivity contribution in [3.63, 3.8) is 0 Å². The molecule has 1 heterocycles. The fraction of sp³-hybridized carbons (Fsp3) is 0.455. The van der Waals surface area contributed by atoms with Gasteiger partial charge in [-0.15, -0.1) is 0 Å². The van der Waals surface area contributed by atoms with Gasteiger partial charge in [0.05, 0.1) is 6.04 Å². The molecule has 0 aliphatic carbocycles. The lowest BCUT2D eigenvalue weighted by molar-refractivity contribution is -0.123. The van der Waals surface area contributed by atoms with Gasteiger partial charge in [-0.25, -0.2) is 0 Å². The molecule has 3 aromatic rings. The van der Waals surface area contributed by atoms with Crippen LogP contribution < -0.4 is 16.0 Å². The smallest absolute Gasteiger partial charge is 0.251 e. The Hall–Kier alpha value is -2.89. The average molecular weight is 548 g/mol. The number of hydrogen-bond acceptors (Lipinski definition) is 3. The quantitative estimate of drug-likeness (QED) is 0.214. The van der Waals surface area contributed by atoms with Crippen LogP contribution in [0.1, 0.15) is 87.1 Å². The maximum atomic E-state index is 13.4. The van der Waals surface area contributed by atoms with Gasteiger partial charge in [-0.2, -0.15) is 0 Å². The van der Waals surface area contributed by atoms with Crippen LogP contribution in [0.3, 0.4) is 0 Å². The van der Waals surface area contributed by atoms with Gasteiger partial charge in [0.15, 0.2) is 0 Å². The first kappa shape index (κ1) is 29.1. The molecule has 39 heavy (non-hydrogen) atoms. The van der Waals surface area contributed by atoms with E-state index in [1.165, 1.54) is 12.0 Å². The number of benzene rings is 3. The molecule has 5 nitrogen and oxygen atoms in total. The molecule has 1 aliphatic rings. The summed E-state index contributed by atoms with van der Waals surface area (Å²) in [4.78, 5) is 26.4. The third-order valence-electron chi connectivity index (χ3n) is 8.10. The zero-order chi connectivity index (χ0) is 27.7. The number of amides is 2. The van der Waals surface area contributed by atoms with E-state index in [0.717, 1.165) is 55.7 Å². The number of carbonyl (C=O) groups excluding carboxylic acids is 2. The maximum absolute atomic E-state index is 13.4. The Bertz CT molecular complexity index is 1250. The molecule has 1 fully saturated rings. The Morgan fingerprint density at radius 1 is 1.03 bits per heavy atom. The van der Waals surface area contributed by atoms with Crippen molar-refractivity contribution in [3.8, 4) is 0 Å². The lowest BCUT2D eigenvalue weighted by atomic mass is 9.79. The normalized spacial score (nSPS) is 20.3. The van der Waals surface area contributed by atoms with Crippen molar-refractivity contribution >= 4 is 34.2 Å². The standard InChI is InChI=1S/C33H42ClN3O2/c1-3-5-6-10-13-30-32(39)35-19-18-33(37-30,22-24(4-2)25-11-8-7-9-12-25)23-36-31(38)28-15-14-27-21-29(34)17-16-26(27)20-28/h7-9,11-12,14-17,20-21,24,30,37H,3-6,10,13,18-19,22-23H2,1-2H3,(H,35,39)(H,36,38)/t24-,30-,33+/m0/s1. The number of carbonyl (C=O) groups is 2. The Kier molecular flexibility index (Phi) is 10.4. The van der Waals surface area contributed by atoms with Gasteiger partial charge < -0.3 is 10.6 Å². The molecule has 0 bridgehead atoms. The van der Waals surface area contributed by atoms with Crippen molar-refractivity contribution in [1.29, 1.82) is 0 Å². The number of fused-ring (bicyclic) bond motifs is 1. The van der Waals surface area contributed by atoms with Gasteiger partial charge in [-0.1, -0.05) is 93.6 Å². The van der Waals surface area contributed by atoms with E-state index >= 15 is 0 Å². The number of hydrogen-bond donors (Lipinski definition) is 3. The number of nitrogens with one attached hydrogen (secondary N) is 3. The van der Waals surface area contributed by atoms with Crippen molar-refractivity contribution in [3.05, 3.63) is 82.9 Å². The molecule has 2 amide bonds. The van der Waals surface area contributed by atoms with Gasteiger partial charge >= 0.3 is 0 Å². The predicted molar refractivity (Wildman–Crippen MR) is 161 cm³/mol. The van der Waals surface area contributed by atoms with Crippen LogP contribution >= 0.6 is 11.6 Å². The summed E-state index contributed by atoms with van der Waals surface area (Å²) < 4.78 is 0. The molecule has 208 valence electrons. The van der Waals surface area contributed by atoms with Crippen LogP contribution in [0.25, 0.3) is 10.8 Å². The summed E-state index contributed by atoms with van der Waals surface area (Å²) in [7, 11) is 0. The Morgan fingerprint density at radius 3 is 2.56 bits per heavy atom. The second kappa shape index (κ2) is 14.0. The molecule has 0 aromatic heterocycles. The monoisotopic (exact) mass is 547 g/mol. The van der Waals surface area contributed by atoms with Gasteiger partial charge in [-0.3, -0.25) is 14.9 Å². The van der Waals surface area contributed by atoms with Crippen molar-refractivity contribution < 1.29 is 9.59 Å². The van der Waals surface area contributed by atoms with Gasteiger partial charge in [0.25, 0.3) is 5.91 Å². The molecule has 0 radical (unpaired) electrons. The highest BCUT2D eigenvalue weighted by Crippen LogP contribution is 2.32. The van der Waals surface area contributed by atoms with Crippen molar-refractivity contribution in [2.24, 2.45) is 0 Å². The molecule has 4 rings (SSSR count). The minimum absolute atomic E-state index is 0.0700. The van der Waals surface area contributed by atoms with Crippen LogP contribution in [0.5, 0.6) is 0 Å². The van der Waals surface area contributed by atoms with E-state index in [4.69, 9.17) is 11.6 Å². The first-order chi connectivity index (χ1) is 18.9. The van der Waals surface area contributed by atoms with E-state index in [9.17, 15) is 9.59 Å². The molecule has 6 heteroatoms. The van der Waals surface area contributed by atoms with Gasteiger partial charge in [0.2, 0.25) is 5.91 Å². The fourth-order valence-corrected chi connectivity index (χ4v) is 5.99. The summed E-state index contributed by atoms with van der Waals surface area (Å²) in [5.74, 6) is 0.277. The van der Waals surface area contributed by atoms with Gasteiger partial charge in [0.1, 0.15) is 0 Å². The minimum Gasteiger partial charge on any atom is -0.355 e. The summed E-state index contributed by atoms with van der Waals surface area (Å²) in [5.41, 5.74) is 1.50. The van der Waals surface area contributed by atoms with Crippen molar-refractivity contribution in [1.82, 2.24) is 16.0 Å². The molecular weight excluding hydrogens is 506 g/mol. The molecule has 0 saturated carbocycles. The van der Waals surface area contributed by atoms with E-state index in [0.29, 0.717) is 29.6 Å². The summed E-state index contributed by atoms with van der Waals surface area (Å²) in [6, 6.07) is 21.7. The molecule has 3 atom stereocenters. The predicted octanol–water partition coefficient (Wildman–Crippen LogP) is 6.99. The summed E-state index contributed by atoms with van der Waals surface area (Å²) in [6.45, 7) is 5.46. The Balaban J connectivity index is 1.56. The second-order valence-corrected chi connectivity index (χ2v) is 11.4. The molecule has 1 saturated heterocycles. The SMILES string of the molecule is CCCCCC[C@@H]1N[C@@](CNC(=O)c2ccc3cc(Cl)ccc3c2)(C[C@H](CC)c2ccccc2)CCNC1=O. The average Bonchev–Trinajstić information content (AvgIpc) is 3.11. The van der Waals surface area contributed by atoms with Gasteiger partial charge in [0, 0.05) is 29.2 Å². The van der Waals surface area contributed by atoms with Crippen LogP contribution in [0.15, 0.2) is 66.7 Å². The van der Waals surface area contributed by atoms with Crippen LogP contribution in [0, 0.1) is 0 Å². The van der Waals surface area contributed by atoms with E-state index in [1.54, 1.807) is 0 Å². The Labute approximate surface area is 238 Å². The fourth-order valence-electron chi connectivity index (χ4n) is 5.81. The van der Waals surface area contributed by atoms with Crippen LogP contribution in [-0.4, -0.2) is 36.5 Å². The molecule has 1 aliphatic heterocycles. The summed E-state index contributed by atoms with van der Waals surface area (Å²) in [6.07, 6.45) is 7.86. The number of unbranched alkanes of at least 4 members (excludes halogenated alkanes) is 3. The van der Waals surface area contributed by atoms with Crippen LogP contribution in [0.2, 0.25) is 5.02 Å². The topological polar surface area (TPSA) is 70.2 Å². The highest BCUT2D eigenvalue weighted by Gasteiger charge is 2.39. The van der Waals surface area contributed by atoms with Crippen LogP contribution in [-0.2, 0) is 4.79 Å². The first-order valence-corrected chi connectivity index (χ1v) is 14.9. The third kappa shape index (κ3) is 7.83. The van der Waals surface area contributed by atoms with E-state index in [1.807, 2.05) is 42.5 Å². The van der Waals surface area contributed by atoms with E-state index < -0.39 is 5.54 Å². The molecular formula is C33H42ClN3O2. The van der Waals surface area contributed by atoms with Gasteiger partial charge in [-0.05, 0) is 72.2 Å². The zero-order valence-corrected chi connectivity index (χ0v) is 24.0. The molecule has 3 aromatic carbocycles. The van der Waals surface area contributed by atoms with Crippen molar-refractivity contribution in [2.75, 3.05) is 13.1 Å². The largest absolute Gasteiger partial charge is 0.355 e. The summed E-state index contributed by atoms with van der Waals surface area (Å²) in [5, 5.41) is 12.8. The molecule has 0 spiro atoms. The number of rotatable bonds is 12. The maximum Gasteiger partial charge on any atom is 0.251 e. The molecule has 3 N–H and O–H groups in total. The zero-order valence-electron chi connectivity index (χ0n) is 23.3. The van der Waals surface area contributed by atoms with E-state index in [2.05, 4.69) is 54.1 Å². The van der Waals surface area contributed by atoms with E-state index in [-0.39, 0.29) is 17.9 Å². The summed E-state index contributed by atoms with van der Waals surface area (Å²) >= 11 is 6.14. The lowest BCUT2D eigenvalue weighted by Crippen LogP contribution is -2.58. The minimum atomic E-state index is -0.412. The highest BCUT2D eigenvalue weighted by atomic mass is 35.5. The number of halogens is 1. The first-order valence-electron chi connectivity index (χ1n) is 14.5. The Morgan fingerprint density at radius 2 is 1.79 bits per heavy atom. The third-order valence-corrected chi connectivity index (χ3v) is 8.33. The van der Waals surface area contributed by atoms with Crippen molar-refractivity contribution in [2.45, 2.75) is 82.7 Å². The second-order valence-electron chi connectivity index (χ2n) is 11.0. The molecule has 0 unspecified atom stereocenters. The lowest BCUT2D eigenvalue weighted by Gasteiger charge is -2.39. The van der Waals surface area contributed by atoms with Crippen LogP contribution in [0.4, 0.5) is 0 Å².